The Labute approximate surface area is 132 Å². The maximum absolute atomic E-state index is 4.25. The lowest BCUT2D eigenvalue weighted by atomic mass is 10.3. The Bertz CT molecular complexity index is 355. The molecule has 19 heavy (non-hydrogen) atoms. The van der Waals surface area contributed by atoms with E-state index in [1.54, 1.807) is 13.2 Å². The Morgan fingerprint density at radius 2 is 2.16 bits per heavy atom. The van der Waals surface area contributed by atoms with Gasteiger partial charge >= 0.3 is 0 Å². The Balaban J connectivity index is 0.00000324. The Morgan fingerprint density at radius 3 is 2.74 bits per heavy atom. The molecule has 0 aliphatic carbocycles. The number of guanidine groups is 1. The van der Waals surface area contributed by atoms with Crippen molar-refractivity contribution >= 4 is 29.9 Å². The summed E-state index contributed by atoms with van der Waals surface area (Å²) in [6, 6.07) is 5.89. The number of hydrogen-bond acceptors (Lipinski definition) is 3. The molecule has 0 bridgehead atoms. The maximum Gasteiger partial charge on any atom is 0.191 e. The smallest absolute Gasteiger partial charge is 0.191 e. The van der Waals surface area contributed by atoms with Gasteiger partial charge in [0, 0.05) is 26.3 Å². The molecule has 0 unspecified atom stereocenters. The first-order valence-corrected chi connectivity index (χ1v) is 6.29. The van der Waals surface area contributed by atoms with E-state index in [9.17, 15) is 0 Å². The summed E-state index contributed by atoms with van der Waals surface area (Å²) in [7, 11) is 3.88. The van der Waals surface area contributed by atoms with Gasteiger partial charge in [-0.15, -0.1) is 24.0 Å². The largest absolute Gasteiger partial charge is 0.355 e. The zero-order valence-corrected chi connectivity index (χ0v) is 14.2. The van der Waals surface area contributed by atoms with Gasteiger partial charge in [-0.25, -0.2) is 0 Å². The molecule has 1 heterocycles. The first-order chi connectivity index (χ1) is 8.76. The van der Waals surface area contributed by atoms with E-state index < -0.39 is 0 Å². The van der Waals surface area contributed by atoms with Gasteiger partial charge in [0.05, 0.1) is 12.2 Å². The summed E-state index contributed by atoms with van der Waals surface area (Å²) in [5, 5.41) is 6.51. The molecule has 0 aliphatic heterocycles. The first-order valence-electron chi connectivity index (χ1n) is 6.29. The number of aromatic nitrogens is 1. The summed E-state index contributed by atoms with van der Waals surface area (Å²) in [6.45, 7) is 5.77. The topological polar surface area (TPSA) is 52.5 Å². The second kappa shape index (κ2) is 11.0. The van der Waals surface area contributed by atoms with Crippen LogP contribution in [0.1, 0.15) is 12.6 Å². The van der Waals surface area contributed by atoms with Crippen LogP contribution in [0.2, 0.25) is 0 Å². The van der Waals surface area contributed by atoms with Gasteiger partial charge in [-0.2, -0.15) is 0 Å². The highest BCUT2D eigenvalue weighted by Gasteiger charge is 1.99. The van der Waals surface area contributed by atoms with Gasteiger partial charge in [0.15, 0.2) is 5.96 Å². The SMILES string of the molecule is CCN(C)CCNC(=NC)NCc1ccccn1.I. The standard InChI is InChI=1S/C13H23N5.HI/c1-4-18(3)10-9-16-13(14-2)17-11-12-7-5-6-8-15-12;/h5-8H,4,9-11H2,1-3H3,(H2,14,16,17);1H. The molecule has 0 saturated carbocycles. The molecule has 0 aliphatic rings. The summed E-state index contributed by atoms with van der Waals surface area (Å²) in [6.07, 6.45) is 1.80. The van der Waals surface area contributed by atoms with Gasteiger partial charge in [0.2, 0.25) is 0 Å². The molecule has 0 amide bonds. The molecule has 0 aromatic carbocycles. The molecule has 0 radical (unpaired) electrons. The Kier molecular flexibility index (Phi) is 10.5. The van der Waals surface area contributed by atoms with Crippen LogP contribution in [0.15, 0.2) is 29.4 Å². The predicted octanol–water partition coefficient (Wildman–Crippen LogP) is 1.32. The van der Waals surface area contributed by atoms with Crippen LogP contribution in [0.4, 0.5) is 0 Å². The van der Waals surface area contributed by atoms with Gasteiger partial charge < -0.3 is 15.5 Å². The van der Waals surface area contributed by atoms with E-state index >= 15 is 0 Å². The van der Waals surface area contributed by atoms with Crippen molar-refractivity contribution in [3.05, 3.63) is 30.1 Å². The molecule has 1 aromatic rings. The number of aliphatic imine (C=N–C) groups is 1. The second-order valence-corrected chi connectivity index (χ2v) is 4.07. The van der Waals surface area contributed by atoms with Crippen molar-refractivity contribution in [3.63, 3.8) is 0 Å². The van der Waals surface area contributed by atoms with Crippen LogP contribution in [0.5, 0.6) is 0 Å². The highest BCUT2D eigenvalue weighted by atomic mass is 127. The van der Waals surface area contributed by atoms with Crippen LogP contribution in [0, 0.1) is 0 Å². The first kappa shape index (κ1) is 18.1. The van der Waals surface area contributed by atoms with Crippen molar-refractivity contribution in [2.24, 2.45) is 4.99 Å². The number of nitrogens with zero attached hydrogens (tertiary/aromatic N) is 3. The van der Waals surface area contributed by atoms with E-state index in [-0.39, 0.29) is 24.0 Å². The number of hydrogen-bond donors (Lipinski definition) is 2. The van der Waals surface area contributed by atoms with Crippen LogP contribution in [-0.2, 0) is 6.54 Å². The molecule has 0 fully saturated rings. The van der Waals surface area contributed by atoms with E-state index in [0.717, 1.165) is 31.3 Å². The Hall–Kier alpha value is -0.890. The normalized spacial score (nSPS) is 11.1. The highest BCUT2D eigenvalue weighted by molar-refractivity contribution is 14.0. The summed E-state index contributed by atoms with van der Waals surface area (Å²) < 4.78 is 0. The van der Waals surface area contributed by atoms with Crippen molar-refractivity contribution < 1.29 is 0 Å². The maximum atomic E-state index is 4.25. The lowest BCUT2D eigenvalue weighted by Gasteiger charge is -2.16. The van der Waals surface area contributed by atoms with Crippen LogP contribution in [0.3, 0.4) is 0 Å². The number of nitrogens with one attached hydrogen (secondary N) is 2. The molecule has 6 heteroatoms. The van der Waals surface area contributed by atoms with Crippen molar-refractivity contribution in [1.29, 1.82) is 0 Å². The van der Waals surface area contributed by atoms with Crippen LogP contribution >= 0.6 is 24.0 Å². The van der Waals surface area contributed by atoms with E-state index in [4.69, 9.17) is 0 Å². The van der Waals surface area contributed by atoms with Gasteiger partial charge in [-0.05, 0) is 25.7 Å². The third kappa shape index (κ3) is 7.99. The molecule has 108 valence electrons. The number of rotatable bonds is 6. The van der Waals surface area contributed by atoms with Crippen LogP contribution in [0.25, 0.3) is 0 Å². The highest BCUT2D eigenvalue weighted by Crippen LogP contribution is 1.91. The van der Waals surface area contributed by atoms with Gasteiger partial charge in [0.25, 0.3) is 0 Å². The Morgan fingerprint density at radius 1 is 1.37 bits per heavy atom. The van der Waals surface area contributed by atoms with E-state index in [0.29, 0.717) is 6.54 Å². The van der Waals surface area contributed by atoms with E-state index in [1.165, 1.54) is 0 Å². The summed E-state index contributed by atoms with van der Waals surface area (Å²) >= 11 is 0. The van der Waals surface area contributed by atoms with E-state index in [1.807, 2.05) is 18.2 Å². The second-order valence-electron chi connectivity index (χ2n) is 4.07. The number of likely N-dealkylation sites (N-methyl/N-ethyl adjacent to an activating group) is 1. The lowest BCUT2D eigenvalue weighted by molar-refractivity contribution is 0.357. The molecule has 2 N–H and O–H groups in total. The van der Waals surface area contributed by atoms with Crippen molar-refractivity contribution in [2.45, 2.75) is 13.5 Å². The van der Waals surface area contributed by atoms with Gasteiger partial charge in [0.1, 0.15) is 0 Å². The quantitative estimate of drug-likeness (QED) is 0.446. The van der Waals surface area contributed by atoms with Crippen molar-refractivity contribution in [3.8, 4) is 0 Å². The fourth-order valence-corrected chi connectivity index (χ4v) is 1.42. The summed E-state index contributed by atoms with van der Waals surface area (Å²) in [5.74, 6) is 0.810. The van der Waals surface area contributed by atoms with Crippen LogP contribution < -0.4 is 10.6 Å². The summed E-state index contributed by atoms with van der Waals surface area (Å²) in [5.41, 5.74) is 1.01. The van der Waals surface area contributed by atoms with Crippen molar-refractivity contribution in [2.75, 3.05) is 33.7 Å². The average Bonchev–Trinajstić information content (AvgIpc) is 2.43. The van der Waals surface area contributed by atoms with Gasteiger partial charge in [-0.1, -0.05) is 13.0 Å². The molecule has 1 rings (SSSR count). The van der Waals surface area contributed by atoms with Crippen LogP contribution in [-0.4, -0.2) is 49.6 Å². The molecular weight excluding hydrogens is 353 g/mol. The summed E-state index contributed by atoms with van der Waals surface area (Å²) in [4.78, 5) is 10.7. The third-order valence-corrected chi connectivity index (χ3v) is 2.71. The minimum absolute atomic E-state index is 0. The molecule has 1 aromatic heterocycles. The average molecular weight is 377 g/mol. The number of halogens is 1. The molecule has 0 spiro atoms. The molecule has 0 atom stereocenters. The fourth-order valence-electron chi connectivity index (χ4n) is 1.42. The number of pyridine rings is 1. The fraction of sp³-hybridized carbons (Fsp3) is 0.538. The van der Waals surface area contributed by atoms with E-state index in [2.05, 4.69) is 39.5 Å². The molecular formula is C13H24IN5. The monoisotopic (exact) mass is 377 g/mol. The molecule has 0 saturated heterocycles. The lowest BCUT2D eigenvalue weighted by Crippen LogP contribution is -2.40. The minimum atomic E-state index is 0. The zero-order chi connectivity index (χ0) is 13.2. The minimum Gasteiger partial charge on any atom is -0.355 e. The zero-order valence-electron chi connectivity index (χ0n) is 11.9. The predicted molar refractivity (Wildman–Crippen MR) is 91.0 cm³/mol. The van der Waals surface area contributed by atoms with Crippen molar-refractivity contribution in [1.82, 2.24) is 20.5 Å². The van der Waals surface area contributed by atoms with Gasteiger partial charge in [-0.3, -0.25) is 9.98 Å². The third-order valence-electron chi connectivity index (χ3n) is 2.71. The molecule has 5 nitrogen and oxygen atoms in total.